The van der Waals surface area contributed by atoms with Gasteiger partial charge in [-0.3, -0.25) is 14.2 Å². The number of methoxy groups -OCH3 is 1. The number of aromatic nitrogens is 2. The zero-order valence-electron chi connectivity index (χ0n) is 13.3. The smallest absolute Gasteiger partial charge is 0.320 e. The lowest BCUT2D eigenvalue weighted by atomic mass is 10.2. The zero-order valence-corrected chi connectivity index (χ0v) is 14.0. The van der Waals surface area contributed by atoms with Crippen molar-refractivity contribution in [1.82, 2.24) is 9.13 Å². The highest BCUT2D eigenvalue weighted by Gasteiger charge is 2.12. The van der Waals surface area contributed by atoms with Crippen molar-refractivity contribution in [3.05, 3.63) is 92.0 Å². The van der Waals surface area contributed by atoms with Crippen LogP contribution in [-0.4, -0.2) is 16.2 Å². The number of halogens is 2. The van der Waals surface area contributed by atoms with Gasteiger partial charge in [0.1, 0.15) is 11.6 Å². The first-order valence-electron chi connectivity index (χ1n) is 7.40. The first kappa shape index (κ1) is 17.0. The highest BCUT2D eigenvalue weighted by Crippen LogP contribution is 2.19. The van der Waals surface area contributed by atoms with Gasteiger partial charge < -0.3 is 9.30 Å². The minimum atomic E-state index is -0.773. The van der Waals surface area contributed by atoms with Gasteiger partial charge in [0.05, 0.1) is 19.3 Å². The predicted octanol–water partition coefficient (Wildman–Crippen LogP) is 2.85. The number of hydrogen-bond acceptors (Lipinski definition) is 3. The van der Waals surface area contributed by atoms with Gasteiger partial charge in [0.15, 0.2) is 0 Å². The van der Waals surface area contributed by atoms with Crippen molar-refractivity contribution in [3.63, 3.8) is 0 Å². The van der Waals surface area contributed by atoms with Gasteiger partial charge in [0.2, 0.25) is 0 Å². The molecule has 0 amide bonds. The van der Waals surface area contributed by atoms with Crippen LogP contribution in [0, 0.1) is 5.82 Å². The minimum Gasteiger partial charge on any atom is -0.497 e. The molecular weight excluding hydrogens is 347 g/mol. The third-order valence-corrected chi connectivity index (χ3v) is 4.13. The quantitative estimate of drug-likeness (QED) is 0.672. The summed E-state index contributed by atoms with van der Waals surface area (Å²) in [5.74, 6) is 0.0306. The number of ether oxygens (including phenoxy) is 1. The molecular formula is C18H14ClFN2O3. The monoisotopic (exact) mass is 360 g/mol. The fourth-order valence-corrected chi connectivity index (χ4v) is 2.67. The lowest BCUT2D eigenvalue weighted by Crippen LogP contribution is -2.40. The number of rotatable bonds is 4. The number of hydrogen-bond donors (Lipinski definition) is 0. The Morgan fingerprint density at radius 2 is 1.84 bits per heavy atom. The van der Waals surface area contributed by atoms with E-state index < -0.39 is 16.9 Å². The molecule has 2 aromatic carbocycles. The average Bonchev–Trinajstić information content (AvgIpc) is 2.62. The third kappa shape index (κ3) is 3.34. The van der Waals surface area contributed by atoms with Crippen LogP contribution in [0.4, 0.5) is 4.39 Å². The molecule has 3 rings (SSSR count). The van der Waals surface area contributed by atoms with Gasteiger partial charge in [-0.15, -0.1) is 0 Å². The summed E-state index contributed by atoms with van der Waals surface area (Å²) in [5, 5.41) is 0.198. The van der Waals surface area contributed by atoms with E-state index in [-0.39, 0.29) is 17.1 Å². The summed E-state index contributed by atoms with van der Waals surface area (Å²) in [5.41, 5.74) is -0.866. The Morgan fingerprint density at radius 3 is 2.56 bits per heavy atom. The van der Waals surface area contributed by atoms with E-state index in [4.69, 9.17) is 16.3 Å². The Hall–Kier alpha value is -2.86. The van der Waals surface area contributed by atoms with Crippen LogP contribution in [0.5, 0.6) is 5.75 Å². The van der Waals surface area contributed by atoms with Gasteiger partial charge >= 0.3 is 11.1 Å². The van der Waals surface area contributed by atoms with E-state index in [9.17, 15) is 14.0 Å². The molecule has 0 bridgehead atoms. The second-order valence-corrected chi connectivity index (χ2v) is 5.72. The van der Waals surface area contributed by atoms with Crippen molar-refractivity contribution >= 4 is 11.6 Å². The molecule has 0 saturated carbocycles. The van der Waals surface area contributed by atoms with Gasteiger partial charge in [-0.25, -0.2) is 4.39 Å². The van der Waals surface area contributed by atoms with Gasteiger partial charge in [-0.1, -0.05) is 23.7 Å². The summed E-state index contributed by atoms with van der Waals surface area (Å²) in [6.07, 6.45) is 2.87. The van der Waals surface area contributed by atoms with Crippen molar-refractivity contribution in [2.45, 2.75) is 6.54 Å². The molecule has 7 heteroatoms. The van der Waals surface area contributed by atoms with Crippen LogP contribution in [-0.2, 0) is 6.54 Å². The Morgan fingerprint density at radius 1 is 1.08 bits per heavy atom. The Labute approximate surface area is 147 Å². The lowest BCUT2D eigenvalue weighted by molar-refractivity contribution is 0.414. The van der Waals surface area contributed by atoms with Crippen LogP contribution in [0.15, 0.2) is 64.4 Å². The van der Waals surface area contributed by atoms with E-state index in [2.05, 4.69) is 0 Å². The van der Waals surface area contributed by atoms with Gasteiger partial charge in [-0.05, 0) is 24.3 Å². The van der Waals surface area contributed by atoms with Crippen molar-refractivity contribution in [2.75, 3.05) is 7.11 Å². The first-order chi connectivity index (χ1) is 12.0. The van der Waals surface area contributed by atoms with E-state index in [0.717, 1.165) is 4.57 Å². The molecule has 0 unspecified atom stereocenters. The summed E-state index contributed by atoms with van der Waals surface area (Å²) in [6, 6.07) is 11.0. The highest BCUT2D eigenvalue weighted by atomic mass is 35.5. The Balaban J connectivity index is 2.04. The number of benzene rings is 2. The molecule has 0 aliphatic carbocycles. The molecule has 1 heterocycles. The van der Waals surface area contributed by atoms with Crippen LogP contribution < -0.4 is 15.9 Å². The molecule has 0 N–H and O–H groups in total. The molecule has 0 radical (unpaired) electrons. The second-order valence-electron chi connectivity index (χ2n) is 5.31. The standard InChI is InChI=1S/C18H14ClFN2O3/c1-25-13-5-2-4-12(10-13)22-9-8-21(17(23)18(22)24)11-14-15(19)6-3-7-16(14)20/h2-10H,11H2,1H3. The number of nitrogens with zero attached hydrogens (tertiary/aromatic N) is 2. The van der Waals surface area contributed by atoms with Crippen LogP contribution in [0.25, 0.3) is 5.69 Å². The summed E-state index contributed by atoms with van der Waals surface area (Å²) in [7, 11) is 1.51. The lowest BCUT2D eigenvalue weighted by Gasteiger charge is -2.11. The SMILES string of the molecule is COc1cccc(-n2ccn(Cc3c(F)cccc3Cl)c(=O)c2=O)c1. The second kappa shape index (κ2) is 6.94. The van der Waals surface area contributed by atoms with E-state index >= 15 is 0 Å². The van der Waals surface area contributed by atoms with Crippen LogP contribution in [0.1, 0.15) is 5.56 Å². The summed E-state index contributed by atoms with van der Waals surface area (Å²) < 4.78 is 21.4. The fraction of sp³-hybridized carbons (Fsp3) is 0.111. The average molecular weight is 361 g/mol. The van der Waals surface area contributed by atoms with Gasteiger partial charge in [0.25, 0.3) is 0 Å². The summed E-state index contributed by atoms with van der Waals surface area (Å²) >= 11 is 5.98. The normalized spacial score (nSPS) is 10.7. The Kier molecular flexibility index (Phi) is 4.72. The maximum absolute atomic E-state index is 13.9. The summed E-state index contributed by atoms with van der Waals surface area (Å²) in [6.45, 7) is -0.126. The molecule has 1 aromatic heterocycles. The van der Waals surface area contributed by atoms with Crippen molar-refractivity contribution in [1.29, 1.82) is 0 Å². The van der Waals surface area contributed by atoms with E-state index in [1.165, 1.54) is 42.3 Å². The first-order valence-corrected chi connectivity index (χ1v) is 7.78. The summed E-state index contributed by atoms with van der Waals surface area (Å²) in [4.78, 5) is 24.8. The molecule has 0 saturated heterocycles. The molecule has 3 aromatic rings. The van der Waals surface area contributed by atoms with Gasteiger partial charge in [0, 0.05) is 29.0 Å². The largest absolute Gasteiger partial charge is 0.497 e. The molecule has 5 nitrogen and oxygen atoms in total. The maximum atomic E-state index is 13.9. The zero-order chi connectivity index (χ0) is 18.0. The minimum absolute atomic E-state index is 0.126. The van der Waals surface area contributed by atoms with Crippen LogP contribution in [0.2, 0.25) is 5.02 Å². The van der Waals surface area contributed by atoms with Crippen molar-refractivity contribution in [3.8, 4) is 11.4 Å². The molecule has 25 heavy (non-hydrogen) atoms. The van der Waals surface area contributed by atoms with Crippen LogP contribution in [0.3, 0.4) is 0 Å². The van der Waals surface area contributed by atoms with Crippen molar-refractivity contribution < 1.29 is 9.13 Å². The molecule has 0 aliphatic rings. The fourth-order valence-electron chi connectivity index (χ4n) is 2.45. The van der Waals surface area contributed by atoms with E-state index in [1.807, 2.05) is 0 Å². The molecule has 0 fully saturated rings. The van der Waals surface area contributed by atoms with Crippen molar-refractivity contribution in [2.24, 2.45) is 0 Å². The van der Waals surface area contributed by atoms with E-state index in [0.29, 0.717) is 11.4 Å². The molecule has 0 aliphatic heterocycles. The third-order valence-electron chi connectivity index (χ3n) is 3.78. The predicted molar refractivity (Wildman–Crippen MR) is 93.4 cm³/mol. The van der Waals surface area contributed by atoms with E-state index in [1.54, 1.807) is 24.3 Å². The van der Waals surface area contributed by atoms with Gasteiger partial charge in [-0.2, -0.15) is 0 Å². The maximum Gasteiger partial charge on any atom is 0.320 e. The molecule has 0 spiro atoms. The topological polar surface area (TPSA) is 53.2 Å². The molecule has 0 atom stereocenters. The Bertz CT molecular complexity index is 1020. The van der Waals surface area contributed by atoms with Crippen LogP contribution >= 0.6 is 11.6 Å². The highest BCUT2D eigenvalue weighted by molar-refractivity contribution is 6.31. The molecule has 128 valence electrons.